The summed E-state index contributed by atoms with van der Waals surface area (Å²) in [5.41, 5.74) is 3.02. The molecule has 0 unspecified atom stereocenters. The Morgan fingerprint density at radius 3 is 2.48 bits per heavy atom. The lowest BCUT2D eigenvalue weighted by molar-refractivity contribution is 0.0725. The molecule has 0 saturated carbocycles. The van der Waals surface area contributed by atoms with Crippen LogP contribution in [0.5, 0.6) is 0 Å². The molecule has 8 heteroatoms. The SMILES string of the molecule is CN(C)C(=O)c1nn(Cc2ccccc2)c2c1CN(C(=O)c1ccc(F)c(F)c1)CC2. The zero-order chi connectivity index (χ0) is 22.1. The van der Waals surface area contributed by atoms with Crippen LogP contribution in [0, 0.1) is 11.6 Å². The summed E-state index contributed by atoms with van der Waals surface area (Å²) in [4.78, 5) is 28.7. The third kappa shape index (κ3) is 4.05. The Hall–Kier alpha value is -3.55. The Labute approximate surface area is 178 Å². The summed E-state index contributed by atoms with van der Waals surface area (Å²) in [7, 11) is 3.30. The molecule has 0 radical (unpaired) electrons. The van der Waals surface area contributed by atoms with E-state index < -0.39 is 17.5 Å². The van der Waals surface area contributed by atoms with Gasteiger partial charge in [-0.25, -0.2) is 8.78 Å². The first-order valence-corrected chi connectivity index (χ1v) is 9.93. The lowest BCUT2D eigenvalue weighted by atomic mass is 10.0. The molecule has 0 fully saturated rings. The van der Waals surface area contributed by atoms with Gasteiger partial charge in [-0.2, -0.15) is 5.10 Å². The molecule has 0 aliphatic carbocycles. The highest BCUT2D eigenvalue weighted by molar-refractivity contribution is 5.96. The molecule has 0 spiro atoms. The average Bonchev–Trinajstić information content (AvgIpc) is 3.12. The highest BCUT2D eigenvalue weighted by atomic mass is 19.2. The molecule has 3 aromatic rings. The standard InChI is InChI=1S/C23H22F2N4O2/c1-27(2)23(31)21-17-14-28(22(30)16-8-9-18(24)19(25)12-16)11-10-20(17)29(26-21)13-15-6-4-3-5-7-15/h3-9,12H,10-11,13-14H2,1-2H3. The predicted octanol–water partition coefficient (Wildman–Crippen LogP) is 3.11. The number of hydrogen-bond donors (Lipinski definition) is 0. The van der Waals surface area contributed by atoms with E-state index in [1.165, 1.54) is 15.9 Å². The molecular formula is C23H22F2N4O2. The van der Waals surface area contributed by atoms with Gasteiger partial charge >= 0.3 is 0 Å². The molecule has 0 atom stereocenters. The van der Waals surface area contributed by atoms with Crippen LogP contribution < -0.4 is 0 Å². The summed E-state index contributed by atoms with van der Waals surface area (Å²) in [5.74, 6) is -2.73. The first kappa shape index (κ1) is 20.7. The number of hydrogen-bond acceptors (Lipinski definition) is 3. The van der Waals surface area contributed by atoms with Gasteiger partial charge in [-0.15, -0.1) is 0 Å². The highest BCUT2D eigenvalue weighted by Crippen LogP contribution is 2.26. The molecule has 1 aliphatic heterocycles. The van der Waals surface area contributed by atoms with E-state index in [1.54, 1.807) is 14.1 Å². The van der Waals surface area contributed by atoms with E-state index in [0.717, 1.165) is 23.4 Å². The van der Waals surface area contributed by atoms with E-state index in [0.29, 0.717) is 30.8 Å². The van der Waals surface area contributed by atoms with Gasteiger partial charge in [-0.1, -0.05) is 30.3 Å². The number of fused-ring (bicyclic) bond motifs is 1. The summed E-state index contributed by atoms with van der Waals surface area (Å²) < 4.78 is 28.7. The zero-order valence-electron chi connectivity index (χ0n) is 17.3. The Balaban J connectivity index is 1.67. The Bertz CT molecular complexity index is 1140. The minimum absolute atomic E-state index is 0.0690. The van der Waals surface area contributed by atoms with Gasteiger partial charge in [0.25, 0.3) is 11.8 Å². The van der Waals surface area contributed by atoms with Crippen molar-refractivity contribution in [2.24, 2.45) is 0 Å². The van der Waals surface area contributed by atoms with E-state index >= 15 is 0 Å². The second kappa shape index (κ2) is 8.29. The fraction of sp³-hybridized carbons (Fsp3) is 0.261. The topological polar surface area (TPSA) is 58.4 Å². The Morgan fingerprint density at radius 2 is 1.81 bits per heavy atom. The number of nitrogens with zero attached hydrogens (tertiary/aromatic N) is 4. The fourth-order valence-electron chi connectivity index (χ4n) is 3.75. The van der Waals surface area contributed by atoms with Gasteiger partial charge in [0, 0.05) is 43.9 Å². The molecule has 2 heterocycles. The van der Waals surface area contributed by atoms with Crippen LogP contribution in [-0.2, 0) is 19.5 Å². The minimum Gasteiger partial charge on any atom is -0.343 e. The monoisotopic (exact) mass is 424 g/mol. The molecular weight excluding hydrogens is 402 g/mol. The highest BCUT2D eigenvalue weighted by Gasteiger charge is 2.31. The molecule has 0 N–H and O–H groups in total. The molecule has 1 aliphatic rings. The van der Waals surface area contributed by atoms with Gasteiger partial charge in [-0.05, 0) is 23.8 Å². The van der Waals surface area contributed by atoms with Crippen LogP contribution >= 0.6 is 0 Å². The second-order valence-corrected chi connectivity index (χ2v) is 7.72. The third-order valence-corrected chi connectivity index (χ3v) is 5.37. The largest absolute Gasteiger partial charge is 0.343 e. The molecule has 160 valence electrons. The van der Waals surface area contributed by atoms with E-state index in [2.05, 4.69) is 5.10 Å². The van der Waals surface area contributed by atoms with E-state index in [9.17, 15) is 18.4 Å². The summed E-state index contributed by atoms with van der Waals surface area (Å²) in [5, 5.41) is 4.58. The van der Waals surface area contributed by atoms with Crippen LogP contribution in [0.15, 0.2) is 48.5 Å². The van der Waals surface area contributed by atoms with Crippen molar-refractivity contribution in [3.63, 3.8) is 0 Å². The van der Waals surface area contributed by atoms with E-state index in [4.69, 9.17) is 0 Å². The van der Waals surface area contributed by atoms with Gasteiger partial charge < -0.3 is 9.80 Å². The van der Waals surface area contributed by atoms with Gasteiger partial charge in [-0.3, -0.25) is 14.3 Å². The van der Waals surface area contributed by atoms with Gasteiger partial charge in [0.1, 0.15) is 0 Å². The number of amides is 2. The lowest BCUT2D eigenvalue weighted by Crippen LogP contribution is -2.37. The molecule has 2 aromatic carbocycles. The Kier molecular flexibility index (Phi) is 5.54. The third-order valence-electron chi connectivity index (χ3n) is 5.37. The van der Waals surface area contributed by atoms with Crippen LogP contribution in [0.2, 0.25) is 0 Å². The minimum atomic E-state index is -1.07. The molecule has 6 nitrogen and oxygen atoms in total. The molecule has 1 aromatic heterocycles. The van der Waals surface area contributed by atoms with Crippen molar-refractivity contribution in [3.8, 4) is 0 Å². The number of rotatable bonds is 4. The second-order valence-electron chi connectivity index (χ2n) is 7.72. The maximum absolute atomic E-state index is 13.6. The maximum atomic E-state index is 13.6. The smallest absolute Gasteiger partial charge is 0.274 e. The summed E-state index contributed by atoms with van der Waals surface area (Å²) in [6.45, 7) is 1.08. The Morgan fingerprint density at radius 1 is 1.06 bits per heavy atom. The summed E-state index contributed by atoms with van der Waals surface area (Å²) in [6.07, 6.45) is 0.505. The van der Waals surface area contributed by atoms with Gasteiger partial charge in [0.2, 0.25) is 0 Å². The van der Waals surface area contributed by atoms with Gasteiger partial charge in [0.05, 0.1) is 13.1 Å². The van der Waals surface area contributed by atoms with E-state index in [1.807, 2.05) is 35.0 Å². The van der Waals surface area contributed by atoms with Gasteiger partial charge in [0.15, 0.2) is 17.3 Å². The fourth-order valence-corrected chi connectivity index (χ4v) is 3.75. The number of aromatic nitrogens is 2. The molecule has 31 heavy (non-hydrogen) atoms. The van der Waals surface area contributed by atoms with Crippen LogP contribution in [-0.4, -0.2) is 52.0 Å². The number of carbonyl (C=O) groups excluding carboxylic acids is 2. The van der Waals surface area contributed by atoms with Crippen molar-refractivity contribution >= 4 is 11.8 Å². The van der Waals surface area contributed by atoms with Crippen LogP contribution in [0.3, 0.4) is 0 Å². The molecule has 4 rings (SSSR count). The molecule has 2 amide bonds. The molecule has 0 saturated heterocycles. The zero-order valence-corrected chi connectivity index (χ0v) is 17.3. The summed E-state index contributed by atoms with van der Waals surface area (Å²) in [6, 6.07) is 12.9. The van der Waals surface area contributed by atoms with Crippen molar-refractivity contribution in [1.29, 1.82) is 0 Å². The maximum Gasteiger partial charge on any atom is 0.274 e. The quantitative estimate of drug-likeness (QED) is 0.647. The van der Waals surface area contributed by atoms with Crippen molar-refractivity contribution < 1.29 is 18.4 Å². The van der Waals surface area contributed by atoms with Crippen molar-refractivity contribution in [3.05, 3.63) is 88.2 Å². The van der Waals surface area contributed by atoms with Crippen molar-refractivity contribution in [2.45, 2.75) is 19.5 Å². The number of benzene rings is 2. The van der Waals surface area contributed by atoms with Crippen LogP contribution in [0.25, 0.3) is 0 Å². The van der Waals surface area contributed by atoms with Crippen molar-refractivity contribution in [1.82, 2.24) is 19.6 Å². The van der Waals surface area contributed by atoms with Crippen LogP contribution in [0.4, 0.5) is 8.78 Å². The predicted molar refractivity (Wildman–Crippen MR) is 111 cm³/mol. The first-order valence-electron chi connectivity index (χ1n) is 9.93. The van der Waals surface area contributed by atoms with E-state index in [-0.39, 0.29) is 18.0 Å². The molecule has 0 bridgehead atoms. The van der Waals surface area contributed by atoms with Crippen LogP contribution in [0.1, 0.15) is 37.7 Å². The summed E-state index contributed by atoms with van der Waals surface area (Å²) >= 11 is 0. The first-order chi connectivity index (χ1) is 14.8. The lowest BCUT2D eigenvalue weighted by Gasteiger charge is -2.28. The average molecular weight is 424 g/mol. The number of halogens is 2. The van der Waals surface area contributed by atoms with Crippen molar-refractivity contribution in [2.75, 3.05) is 20.6 Å². The normalized spacial score (nSPS) is 13.1. The number of carbonyl (C=O) groups is 2.